The van der Waals surface area contributed by atoms with Crippen LogP contribution in [-0.4, -0.2) is 19.2 Å². The molecule has 0 aliphatic rings. The Kier molecular flexibility index (Phi) is 3.79. The van der Waals surface area contributed by atoms with Gasteiger partial charge in [-0.3, -0.25) is 13.8 Å². The van der Waals surface area contributed by atoms with Crippen LogP contribution in [0.25, 0.3) is 11.3 Å². The highest BCUT2D eigenvalue weighted by Crippen LogP contribution is 2.16. The van der Waals surface area contributed by atoms with Crippen LogP contribution in [0.3, 0.4) is 0 Å². The Balaban J connectivity index is 2.08. The minimum atomic E-state index is -0.144. The fourth-order valence-electron chi connectivity index (χ4n) is 2.55. The van der Waals surface area contributed by atoms with E-state index in [9.17, 15) is 4.79 Å². The first-order valence-electron chi connectivity index (χ1n) is 7.67. The van der Waals surface area contributed by atoms with E-state index in [1.807, 2.05) is 18.3 Å². The van der Waals surface area contributed by atoms with Gasteiger partial charge in [0, 0.05) is 24.5 Å². The predicted octanol–water partition coefficient (Wildman–Crippen LogP) is 2.96. The second-order valence-electron chi connectivity index (χ2n) is 5.78. The SMILES string of the molecule is CCCc1nnc2c(=O)n(-c3ccc(C(C)C)cc3)ccn12. The Hall–Kier alpha value is -2.43. The molecule has 0 unspecified atom stereocenters. The molecule has 0 radical (unpaired) electrons. The lowest BCUT2D eigenvalue weighted by atomic mass is 10.0. The monoisotopic (exact) mass is 296 g/mol. The van der Waals surface area contributed by atoms with Crippen molar-refractivity contribution in [2.45, 2.75) is 39.5 Å². The summed E-state index contributed by atoms with van der Waals surface area (Å²) in [6, 6.07) is 8.05. The van der Waals surface area contributed by atoms with Crippen LogP contribution in [0.4, 0.5) is 0 Å². The first-order valence-corrected chi connectivity index (χ1v) is 7.67. The Morgan fingerprint density at radius 2 is 1.82 bits per heavy atom. The molecule has 1 aromatic carbocycles. The van der Waals surface area contributed by atoms with Gasteiger partial charge in [0.05, 0.1) is 0 Å². The summed E-state index contributed by atoms with van der Waals surface area (Å²) in [6.07, 6.45) is 5.43. The van der Waals surface area contributed by atoms with Crippen LogP contribution >= 0.6 is 0 Å². The normalized spacial score (nSPS) is 11.5. The van der Waals surface area contributed by atoms with Crippen molar-refractivity contribution < 1.29 is 0 Å². The largest absolute Gasteiger partial charge is 0.300 e. The molecular weight excluding hydrogens is 276 g/mol. The van der Waals surface area contributed by atoms with Gasteiger partial charge in [0.1, 0.15) is 5.82 Å². The second-order valence-corrected chi connectivity index (χ2v) is 5.78. The number of hydrogen-bond acceptors (Lipinski definition) is 3. The average Bonchev–Trinajstić information content (AvgIpc) is 2.92. The van der Waals surface area contributed by atoms with Crippen LogP contribution in [0.5, 0.6) is 0 Å². The van der Waals surface area contributed by atoms with Crippen LogP contribution in [0.15, 0.2) is 41.5 Å². The standard InChI is InChI=1S/C17H20N4O/c1-4-5-15-18-19-16-17(22)20(10-11-21(15)16)14-8-6-13(7-9-14)12(2)3/h6-12H,4-5H2,1-3H3. The molecule has 114 valence electrons. The van der Waals surface area contributed by atoms with E-state index in [4.69, 9.17) is 0 Å². The Morgan fingerprint density at radius 3 is 2.45 bits per heavy atom. The maximum atomic E-state index is 12.6. The lowest BCUT2D eigenvalue weighted by Gasteiger charge is -2.09. The molecule has 2 heterocycles. The smallest absolute Gasteiger partial charge is 0.280 e. The van der Waals surface area contributed by atoms with E-state index in [0.717, 1.165) is 24.4 Å². The first kappa shape index (κ1) is 14.5. The third-order valence-electron chi connectivity index (χ3n) is 3.85. The maximum absolute atomic E-state index is 12.6. The number of aromatic nitrogens is 4. The molecule has 3 rings (SSSR count). The molecule has 22 heavy (non-hydrogen) atoms. The molecular formula is C17H20N4O. The third kappa shape index (κ3) is 2.43. The van der Waals surface area contributed by atoms with E-state index in [2.05, 4.69) is 43.1 Å². The number of aryl methyl sites for hydroxylation is 1. The van der Waals surface area contributed by atoms with Gasteiger partial charge in [-0.25, -0.2) is 0 Å². The number of hydrogen-bond donors (Lipinski definition) is 0. The fourth-order valence-corrected chi connectivity index (χ4v) is 2.55. The minimum absolute atomic E-state index is 0.144. The van der Waals surface area contributed by atoms with Crippen LogP contribution in [0.1, 0.15) is 44.5 Å². The molecule has 0 saturated carbocycles. The van der Waals surface area contributed by atoms with Gasteiger partial charge in [0.2, 0.25) is 5.65 Å². The molecule has 0 atom stereocenters. The molecule has 0 fully saturated rings. The van der Waals surface area contributed by atoms with Crippen LogP contribution in [0, 0.1) is 0 Å². The zero-order valence-corrected chi connectivity index (χ0v) is 13.2. The summed E-state index contributed by atoms with van der Waals surface area (Å²) in [5, 5.41) is 8.17. The molecule has 5 heteroatoms. The lowest BCUT2D eigenvalue weighted by molar-refractivity contribution is 0.812. The summed E-state index contributed by atoms with van der Waals surface area (Å²) in [6.45, 7) is 6.38. The van der Waals surface area contributed by atoms with Crippen molar-refractivity contribution in [3.63, 3.8) is 0 Å². The van der Waals surface area contributed by atoms with E-state index < -0.39 is 0 Å². The van der Waals surface area contributed by atoms with E-state index in [1.54, 1.807) is 15.2 Å². The van der Waals surface area contributed by atoms with Crippen LogP contribution in [0.2, 0.25) is 0 Å². The Morgan fingerprint density at radius 1 is 1.09 bits per heavy atom. The third-order valence-corrected chi connectivity index (χ3v) is 3.85. The highest BCUT2D eigenvalue weighted by Gasteiger charge is 2.11. The van der Waals surface area contributed by atoms with Gasteiger partial charge in [-0.15, -0.1) is 10.2 Å². The lowest BCUT2D eigenvalue weighted by Crippen LogP contribution is -2.20. The predicted molar refractivity (Wildman–Crippen MR) is 86.7 cm³/mol. The number of benzene rings is 1. The zero-order valence-electron chi connectivity index (χ0n) is 13.2. The zero-order chi connectivity index (χ0) is 15.7. The average molecular weight is 296 g/mol. The molecule has 3 aromatic rings. The number of fused-ring (bicyclic) bond motifs is 1. The van der Waals surface area contributed by atoms with Crippen molar-refractivity contribution in [2.24, 2.45) is 0 Å². The van der Waals surface area contributed by atoms with Gasteiger partial charge in [0.25, 0.3) is 0 Å². The van der Waals surface area contributed by atoms with Gasteiger partial charge >= 0.3 is 5.56 Å². The Labute approximate surface area is 129 Å². The van der Waals surface area contributed by atoms with E-state index in [-0.39, 0.29) is 5.56 Å². The Bertz CT molecular complexity index is 843. The summed E-state index contributed by atoms with van der Waals surface area (Å²) in [5.41, 5.74) is 2.33. The number of rotatable bonds is 4. The fraction of sp³-hybridized carbons (Fsp3) is 0.353. The molecule has 0 amide bonds. The summed E-state index contributed by atoms with van der Waals surface area (Å²) < 4.78 is 3.40. The van der Waals surface area contributed by atoms with E-state index in [0.29, 0.717) is 11.6 Å². The van der Waals surface area contributed by atoms with Crippen molar-refractivity contribution in [2.75, 3.05) is 0 Å². The molecule has 0 aliphatic heterocycles. The van der Waals surface area contributed by atoms with Crippen molar-refractivity contribution in [1.82, 2.24) is 19.2 Å². The number of nitrogens with zero attached hydrogens (tertiary/aromatic N) is 4. The van der Waals surface area contributed by atoms with Gasteiger partial charge in [-0.1, -0.05) is 32.9 Å². The van der Waals surface area contributed by atoms with E-state index in [1.165, 1.54) is 5.56 Å². The summed E-state index contributed by atoms with van der Waals surface area (Å²) >= 11 is 0. The minimum Gasteiger partial charge on any atom is -0.280 e. The quantitative estimate of drug-likeness (QED) is 0.744. The highest BCUT2D eigenvalue weighted by atomic mass is 16.1. The van der Waals surface area contributed by atoms with Crippen LogP contribution in [-0.2, 0) is 6.42 Å². The first-order chi connectivity index (χ1) is 10.6. The van der Waals surface area contributed by atoms with Crippen molar-refractivity contribution in [1.29, 1.82) is 0 Å². The molecule has 5 nitrogen and oxygen atoms in total. The second kappa shape index (κ2) is 5.75. The maximum Gasteiger partial charge on any atom is 0.300 e. The molecule has 0 spiro atoms. The van der Waals surface area contributed by atoms with Gasteiger partial charge in [0.15, 0.2) is 0 Å². The molecule has 0 N–H and O–H groups in total. The molecule has 2 aromatic heterocycles. The van der Waals surface area contributed by atoms with Crippen molar-refractivity contribution in [3.8, 4) is 5.69 Å². The molecule has 0 saturated heterocycles. The van der Waals surface area contributed by atoms with Gasteiger partial charge < -0.3 is 0 Å². The van der Waals surface area contributed by atoms with Gasteiger partial charge in [-0.2, -0.15) is 0 Å². The molecule has 0 aliphatic carbocycles. The van der Waals surface area contributed by atoms with E-state index >= 15 is 0 Å². The topological polar surface area (TPSA) is 52.2 Å². The van der Waals surface area contributed by atoms with Crippen molar-refractivity contribution in [3.05, 3.63) is 58.4 Å². The molecule has 0 bridgehead atoms. The van der Waals surface area contributed by atoms with Crippen LogP contribution < -0.4 is 5.56 Å². The highest BCUT2D eigenvalue weighted by molar-refractivity contribution is 5.41. The van der Waals surface area contributed by atoms with Crippen molar-refractivity contribution >= 4 is 5.65 Å². The van der Waals surface area contributed by atoms with Gasteiger partial charge in [-0.05, 0) is 30.0 Å². The summed E-state index contributed by atoms with van der Waals surface area (Å²) in [4.78, 5) is 12.6. The summed E-state index contributed by atoms with van der Waals surface area (Å²) in [5.74, 6) is 1.30. The summed E-state index contributed by atoms with van der Waals surface area (Å²) in [7, 11) is 0.